The van der Waals surface area contributed by atoms with Crippen molar-refractivity contribution in [2.24, 2.45) is 0 Å². The van der Waals surface area contributed by atoms with Crippen molar-refractivity contribution in [2.75, 3.05) is 26.2 Å². The Bertz CT molecular complexity index is 473. The molecule has 2 aliphatic heterocycles. The van der Waals surface area contributed by atoms with Crippen LogP contribution in [0.3, 0.4) is 0 Å². The lowest BCUT2D eigenvalue weighted by atomic mass is 10.4. The Morgan fingerprint density at radius 2 is 1.48 bits per heavy atom. The molecular weight excluding hydrogens is 276 g/mol. The van der Waals surface area contributed by atoms with Crippen LogP contribution >= 0.6 is 0 Å². The number of hydrogen-bond acceptors (Lipinski definition) is 5. The lowest BCUT2D eigenvalue weighted by molar-refractivity contribution is 0.157. The number of hydrogen-bond donors (Lipinski definition) is 1. The monoisotopic (exact) mass is 294 g/mol. The number of ether oxygens (including phenoxy) is 2. The van der Waals surface area contributed by atoms with Gasteiger partial charge in [0, 0.05) is 26.2 Å². The van der Waals surface area contributed by atoms with Crippen molar-refractivity contribution < 1.29 is 19.1 Å². The third-order valence-electron chi connectivity index (χ3n) is 3.64. The maximum absolute atomic E-state index is 11.8. The minimum atomic E-state index is -0.431. The van der Waals surface area contributed by atoms with E-state index in [0.717, 1.165) is 25.7 Å². The number of aromatic amines is 1. The van der Waals surface area contributed by atoms with Gasteiger partial charge in [-0.3, -0.25) is 4.98 Å². The van der Waals surface area contributed by atoms with Gasteiger partial charge in [0.25, 0.3) is 0 Å². The van der Waals surface area contributed by atoms with E-state index in [9.17, 15) is 9.59 Å². The minimum Gasteiger partial charge on any atom is -0.391 e. The topological polar surface area (TPSA) is 87.8 Å². The molecule has 0 aromatic carbocycles. The quantitative estimate of drug-likeness (QED) is 0.895. The largest absolute Gasteiger partial charge is 0.417 e. The van der Waals surface area contributed by atoms with E-state index >= 15 is 0 Å². The van der Waals surface area contributed by atoms with Crippen LogP contribution in [-0.4, -0.2) is 58.1 Å². The molecule has 2 aliphatic rings. The van der Waals surface area contributed by atoms with Crippen molar-refractivity contribution in [3.8, 4) is 11.9 Å². The first-order chi connectivity index (χ1) is 10.2. The zero-order valence-electron chi connectivity index (χ0n) is 11.7. The van der Waals surface area contributed by atoms with Gasteiger partial charge in [-0.05, 0) is 25.7 Å². The van der Waals surface area contributed by atoms with E-state index < -0.39 is 12.2 Å². The molecule has 2 fully saturated rings. The summed E-state index contributed by atoms with van der Waals surface area (Å²) in [4.78, 5) is 33.4. The molecule has 0 spiro atoms. The van der Waals surface area contributed by atoms with E-state index in [-0.39, 0.29) is 11.9 Å². The highest BCUT2D eigenvalue weighted by molar-refractivity contribution is 5.71. The van der Waals surface area contributed by atoms with Gasteiger partial charge in [0.15, 0.2) is 0 Å². The normalized spacial score (nSPS) is 18.1. The Kier molecular flexibility index (Phi) is 3.94. The number of H-pyrrole nitrogens is 1. The van der Waals surface area contributed by atoms with Gasteiger partial charge < -0.3 is 19.3 Å². The summed E-state index contributed by atoms with van der Waals surface area (Å²) in [5.74, 6) is 0.177. The van der Waals surface area contributed by atoms with E-state index in [0.29, 0.717) is 26.2 Å². The second kappa shape index (κ2) is 6.02. The Hall–Kier alpha value is -2.25. The van der Waals surface area contributed by atoms with E-state index in [1.165, 1.54) is 6.20 Å². The fourth-order valence-corrected chi connectivity index (χ4v) is 2.50. The van der Waals surface area contributed by atoms with Crippen molar-refractivity contribution in [2.45, 2.75) is 25.7 Å². The predicted octanol–water partition coefficient (Wildman–Crippen LogP) is 1.60. The number of carbonyl (C=O) groups excluding carboxylic acids is 2. The second-order valence-corrected chi connectivity index (χ2v) is 5.18. The molecule has 0 aliphatic carbocycles. The SMILES string of the molecule is O=C(Oc1cnc(OC(=O)N2CCCC2)[nH]1)N1CCCC1. The molecule has 0 saturated carbocycles. The molecule has 0 radical (unpaired) electrons. The lowest BCUT2D eigenvalue weighted by Crippen LogP contribution is -2.31. The molecule has 2 amide bonds. The number of nitrogens with zero attached hydrogens (tertiary/aromatic N) is 3. The van der Waals surface area contributed by atoms with Crippen LogP contribution in [0.4, 0.5) is 9.59 Å². The number of nitrogens with one attached hydrogen (secondary N) is 1. The predicted molar refractivity (Wildman–Crippen MR) is 72.2 cm³/mol. The van der Waals surface area contributed by atoms with Crippen LogP contribution in [0.25, 0.3) is 0 Å². The molecule has 8 nitrogen and oxygen atoms in total. The molecule has 3 heterocycles. The molecule has 0 atom stereocenters. The molecule has 1 N–H and O–H groups in total. The Morgan fingerprint density at radius 3 is 2.05 bits per heavy atom. The smallest absolute Gasteiger partial charge is 0.391 e. The molecule has 3 rings (SSSR count). The summed E-state index contributed by atoms with van der Waals surface area (Å²) in [6.45, 7) is 2.83. The average molecular weight is 294 g/mol. The highest BCUT2D eigenvalue weighted by Crippen LogP contribution is 2.17. The molecule has 21 heavy (non-hydrogen) atoms. The third-order valence-corrected chi connectivity index (χ3v) is 3.64. The number of carbonyl (C=O) groups is 2. The van der Waals surface area contributed by atoms with Crippen molar-refractivity contribution in [1.82, 2.24) is 19.8 Å². The number of likely N-dealkylation sites (tertiary alicyclic amines) is 2. The van der Waals surface area contributed by atoms with Crippen molar-refractivity contribution in [3.05, 3.63) is 6.20 Å². The van der Waals surface area contributed by atoms with Gasteiger partial charge in [-0.1, -0.05) is 0 Å². The minimum absolute atomic E-state index is 0.0381. The highest BCUT2D eigenvalue weighted by atomic mass is 16.6. The van der Waals surface area contributed by atoms with Gasteiger partial charge in [-0.2, -0.15) is 4.98 Å². The van der Waals surface area contributed by atoms with Crippen LogP contribution in [0.5, 0.6) is 11.9 Å². The molecule has 8 heteroatoms. The van der Waals surface area contributed by atoms with E-state index in [1.54, 1.807) is 9.80 Å². The summed E-state index contributed by atoms with van der Waals surface area (Å²) in [7, 11) is 0. The number of aromatic nitrogens is 2. The molecule has 0 bridgehead atoms. The summed E-state index contributed by atoms with van der Waals surface area (Å²) in [6, 6.07) is 0.0381. The average Bonchev–Trinajstić information content (AvgIpc) is 3.22. The van der Waals surface area contributed by atoms with Crippen molar-refractivity contribution >= 4 is 12.2 Å². The first-order valence-corrected chi connectivity index (χ1v) is 7.21. The molecular formula is C13H18N4O4. The first-order valence-electron chi connectivity index (χ1n) is 7.21. The third kappa shape index (κ3) is 3.26. The van der Waals surface area contributed by atoms with Crippen LogP contribution in [0.2, 0.25) is 0 Å². The zero-order valence-corrected chi connectivity index (χ0v) is 11.7. The van der Waals surface area contributed by atoms with Crippen molar-refractivity contribution in [1.29, 1.82) is 0 Å². The molecule has 1 aromatic rings. The molecule has 114 valence electrons. The van der Waals surface area contributed by atoms with Crippen LogP contribution in [0.15, 0.2) is 6.20 Å². The second-order valence-electron chi connectivity index (χ2n) is 5.18. The van der Waals surface area contributed by atoms with E-state index in [1.807, 2.05) is 0 Å². The summed E-state index contributed by atoms with van der Waals surface area (Å²) in [5, 5.41) is 0. The van der Waals surface area contributed by atoms with Crippen LogP contribution in [-0.2, 0) is 0 Å². The summed E-state index contributed by atoms with van der Waals surface area (Å²) < 4.78 is 10.3. The number of amides is 2. The Labute approximate surface area is 122 Å². The molecule has 1 aromatic heterocycles. The maximum Gasteiger partial charge on any atom is 0.417 e. The van der Waals surface area contributed by atoms with Crippen LogP contribution in [0, 0.1) is 0 Å². The van der Waals surface area contributed by atoms with Crippen molar-refractivity contribution in [3.63, 3.8) is 0 Å². The number of rotatable bonds is 2. The van der Waals surface area contributed by atoms with E-state index in [4.69, 9.17) is 9.47 Å². The van der Waals surface area contributed by atoms with Gasteiger partial charge in [-0.25, -0.2) is 9.59 Å². The fraction of sp³-hybridized carbons (Fsp3) is 0.615. The van der Waals surface area contributed by atoms with Gasteiger partial charge in [0.05, 0.1) is 6.20 Å². The van der Waals surface area contributed by atoms with Gasteiger partial charge in [0.1, 0.15) is 0 Å². The van der Waals surface area contributed by atoms with Crippen LogP contribution in [0.1, 0.15) is 25.7 Å². The number of imidazole rings is 1. The standard InChI is InChI=1S/C13H18N4O4/c18-12(16-5-1-2-6-16)20-10-9-14-11(15-10)21-13(19)17-7-3-4-8-17/h9H,1-8H2,(H,14,15). The molecule has 0 unspecified atom stereocenters. The summed E-state index contributed by atoms with van der Waals surface area (Å²) in [6.07, 6.45) is 4.47. The van der Waals surface area contributed by atoms with Gasteiger partial charge >= 0.3 is 18.2 Å². The highest BCUT2D eigenvalue weighted by Gasteiger charge is 2.23. The summed E-state index contributed by atoms with van der Waals surface area (Å²) in [5.41, 5.74) is 0. The Morgan fingerprint density at radius 1 is 0.952 bits per heavy atom. The van der Waals surface area contributed by atoms with Gasteiger partial charge in [-0.15, -0.1) is 0 Å². The Balaban J connectivity index is 1.53. The fourth-order valence-electron chi connectivity index (χ4n) is 2.50. The zero-order chi connectivity index (χ0) is 14.7. The first kappa shape index (κ1) is 13.7. The molecule has 2 saturated heterocycles. The van der Waals surface area contributed by atoms with Gasteiger partial charge in [0.2, 0.25) is 5.88 Å². The lowest BCUT2D eigenvalue weighted by Gasteiger charge is -2.14. The summed E-state index contributed by atoms with van der Waals surface area (Å²) >= 11 is 0. The van der Waals surface area contributed by atoms with E-state index in [2.05, 4.69) is 9.97 Å². The van der Waals surface area contributed by atoms with Crippen LogP contribution < -0.4 is 9.47 Å². The maximum atomic E-state index is 11.8.